The maximum atomic E-state index is 13.0. The average molecular weight is 294 g/mol. The van der Waals surface area contributed by atoms with Crippen molar-refractivity contribution in [2.24, 2.45) is 0 Å². The topological polar surface area (TPSA) is 69.6 Å². The Labute approximate surface area is 111 Å². The first-order chi connectivity index (χ1) is 8.65. The van der Waals surface area contributed by atoms with Gasteiger partial charge in [-0.25, -0.2) is 8.78 Å². The Morgan fingerprint density at radius 2 is 1.84 bits per heavy atom. The van der Waals surface area contributed by atoms with Crippen LogP contribution in [-0.2, 0) is 10.2 Å². The third kappa shape index (κ3) is 3.93. The second-order valence-electron chi connectivity index (χ2n) is 4.31. The lowest BCUT2D eigenvalue weighted by Crippen LogP contribution is -2.43. The van der Waals surface area contributed by atoms with Crippen molar-refractivity contribution in [3.63, 3.8) is 0 Å². The molecule has 8 heteroatoms. The van der Waals surface area contributed by atoms with Crippen LogP contribution in [0.2, 0.25) is 0 Å². The van der Waals surface area contributed by atoms with E-state index in [9.17, 15) is 22.3 Å². The van der Waals surface area contributed by atoms with E-state index in [1.165, 1.54) is 27.1 Å². The van der Waals surface area contributed by atoms with E-state index in [1.807, 2.05) is 0 Å². The fraction of sp³-hybridized carbons (Fsp3) is 0.455. The zero-order valence-electron chi connectivity index (χ0n) is 10.8. The van der Waals surface area contributed by atoms with E-state index in [2.05, 4.69) is 4.72 Å². The second kappa shape index (κ2) is 5.91. The molecule has 0 unspecified atom stereocenters. The molecule has 1 aromatic rings. The molecule has 1 rings (SSSR count). The molecule has 19 heavy (non-hydrogen) atoms. The molecular weight excluding hydrogens is 278 g/mol. The van der Waals surface area contributed by atoms with E-state index in [0.717, 1.165) is 16.4 Å². The second-order valence-corrected chi connectivity index (χ2v) is 6.23. The molecule has 0 aliphatic heterocycles. The maximum absolute atomic E-state index is 13.0. The van der Waals surface area contributed by atoms with Gasteiger partial charge in [-0.3, -0.25) is 0 Å². The van der Waals surface area contributed by atoms with Crippen molar-refractivity contribution in [2.75, 3.05) is 14.1 Å². The summed E-state index contributed by atoms with van der Waals surface area (Å²) in [5, 5.41) is 9.91. The Bertz CT molecular complexity index is 549. The zero-order valence-corrected chi connectivity index (χ0v) is 11.6. The molecular formula is C11H16F2N2O3S. The van der Waals surface area contributed by atoms with E-state index in [-0.39, 0.29) is 5.56 Å². The van der Waals surface area contributed by atoms with Crippen molar-refractivity contribution in [1.29, 1.82) is 0 Å². The molecule has 5 nitrogen and oxygen atoms in total. The molecule has 0 aliphatic rings. The van der Waals surface area contributed by atoms with Crippen LogP contribution < -0.4 is 4.72 Å². The van der Waals surface area contributed by atoms with Crippen LogP contribution in [0.3, 0.4) is 0 Å². The first-order valence-corrected chi connectivity index (χ1v) is 6.92. The Kier molecular flexibility index (Phi) is 4.97. The van der Waals surface area contributed by atoms with Crippen LogP contribution >= 0.6 is 0 Å². The Morgan fingerprint density at radius 1 is 1.26 bits per heavy atom. The minimum Gasteiger partial charge on any atom is -0.387 e. The number of hydrogen-bond acceptors (Lipinski definition) is 3. The molecule has 0 aliphatic carbocycles. The zero-order chi connectivity index (χ0) is 14.8. The lowest BCUT2D eigenvalue weighted by molar-refractivity contribution is 0.145. The van der Waals surface area contributed by atoms with Crippen LogP contribution in [0, 0.1) is 11.6 Å². The quantitative estimate of drug-likeness (QED) is 0.843. The Morgan fingerprint density at radius 3 is 2.32 bits per heavy atom. The van der Waals surface area contributed by atoms with Crippen molar-refractivity contribution >= 4 is 10.2 Å². The van der Waals surface area contributed by atoms with Gasteiger partial charge < -0.3 is 5.11 Å². The van der Waals surface area contributed by atoms with Gasteiger partial charge in [0, 0.05) is 14.1 Å². The summed E-state index contributed by atoms with van der Waals surface area (Å²) in [5.74, 6) is -2.13. The highest BCUT2D eigenvalue weighted by atomic mass is 32.2. The monoisotopic (exact) mass is 294 g/mol. The molecule has 2 N–H and O–H groups in total. The molecule has 0 bridgehead atoms. The number of rotatable bonds is 5. The smallest absolute Gasteiger partial charge is 0.279 e. The Hall–Kier alpha value is -1.09. The van der Waals surface area contributed by atoms with Gasteiger partial charge in [0.1, 0.15) is 0 Å². The standard InChI is InChI=1S/C11H16F2N2O3S/c1-7(14-19(17,18)15(2)3)11(16)8-4-5-9(12)10(13)6-8/h4-7,11,14,16H,1-3H3/t7-,11+/m0/s1. The predicted octanol–water partition coefficient (Wildman–Crippen LogP) is 0.783. The molecule has 0 amide bonds. The highest BCUT2D eigenvalue weighted by Crippen LogP contribution is 2.19. The number of hydrogen-bond donors (Lipinski definition) is 2. The summed E-state index contributed by atoms with van der Waals surface area (Å²) in [4.78, 5) is 0. The van der Waals surface area contributed by atoms with E-state index in [0.29, 0.717) is 0 Å². The third-order valence-electron chi connectivity index (χ3n) is 2.57. The summed E-state index contributed by atoms with van der Waals surface area (Å²) in [5.41, 5.74) is 0.0906. The predicted molar refractivity (Wildman–Crippen MR) is 66.5 cm³/mol. The Balaban J connectivity index is 2.88. The van der Waals surface area contributed by atoms with E-state index in [4.69, 9.17) is 0 Å². The van der Waals surface area contributed by atoms with Crippen molar-refractivity contribution in [3.8, 4) is 0 Å². The first kappa shape index (κ1) is 16.0. The molecule has 0 heterocycles. The number of aliphatic hydroxyl groups excluding tert-OH is 1. The molecule has 0 spiro atoms. The minimum atomic E-state index is -3.71. The van der Waals surface area contributed by atoms with Crippen molar-refractivity contribution < 1.29 is 22.3 Å². The highest BCUT2D eigenvalue weighted by molar-refractivity contribution is 7.87. The fourth-order valence-corrected chi connectivity index (χ4v) is 2.20. The van der Waals surface area contributed by atoms with Gasteiger partial charge in [-0.1, -0.05) is 6.07 Å². The largest absolute Gasteiger partial charge is 0.387 e. The van der Waals surface area contributed by atoms with Crippen molar-refractivity contribution in [3.05, 3.63) is 35.4 Å². The lowest BCUT2D eigenvalue weighted by Gasteiger charge is -2.22. The summed E-state index contributed by atoms with van der Waals surface area (Å²) in [6.45, 7) is 1.42. The van der Waals surface area contributed by atoms with Crippen LogP contribution in [0.25, 0.3) is 0 Å². The average Bonchev–Trinajstić information content (AvgIpc) is 2.31. The van der Waals surface area contributed by atoms with Gasteiger partial charge in [0.15, 0.2) is 11.6 Å². The fourth-order valence-electron chi connectivity index (χ4n) is 1.39. The summed E-state index contributed by atoms with van der Waals surface area (Å²) in [7, 11) is -1.05. The summed E-state index contributed by atoms with van der Waals surface area (Å²) < 4.78 is 52.1. The summed E-state index contributed by atoms with van der Waals surface area (Å²) in [6.07, 6.45) is -1.29. The molecule has 2 atom stereocenters. The summed E-state index contributed by atoms with van der Waals surface area (Å²) >= 11 is 0. The number of aliphatic hydroxyl groups is 1. The van der Waals surface area contributed by atoms with Gasteiger partial charge in [0.05, 0.1) is 12.1 Å². The molecule has 0 saturated heterocycles. The van der Waals surface area contributed by atoms with Crippen LogP contribution in [0.15, 0.2) is 18.2 Å². The number of nitrogens with one attached hydrogen (secondary N) is 1. The lowest BCUT2D eigenvalue weighted by atomic mass is 10.0. The van der Waals surface area contributed by atoms with E-state index in [1.54, 1.807) is 0 Å². The minimum absolute atomic E-state index is 0.0906. The van der Waals surface area contributed by atoms with Gasteiger partial charge in [-0.15, -0.1) is 0 Å². The van der Waals surface area contributed by atoms with E-state index < -0.39 is 34.0 Å². The van der Waals surface area contributed by atoms with E-state index >= 15 is 0 Å². The first-order valence-electron chi connectivity index (χ1n) is 5.48. The van der Waals surface area contributed by atoms with Crippen LogP contribution in [0.4, 0.5) is 8.78 Å². The number of nitrogens with zero attached hydrogens (tertiary/aromatic N) is 1. The molecule has 0 radical (unpaired) electrons. The molecule has 0 aromatic heterocycles. The molecule has 0 fully saturated rings. The van der Waals surface area contributed by atoms with Gasteiger partial charge in [-0.05, 0) is 24.6 Å². The van der Waals surface area contributed by atoms with Gasteiger partial charge in [0.2, 0.25) is 0 Å². The molecule has 0 saturated carbocycles. The molecule has 108 valence electrons. The van der Waals surface area contributed by atoms with Crippen LogP contribution in [0.5, 0.6) is 0 Å². The third-order valence-corrected chi connectivity index (χ3v) is 4.21. The van der Waals surface area contributed by atoms with Gasteiger partial charge in [-0.2, -0.15) is 17.4 Å². The number of benzene rings is 1. The summed E-state index contributed by atoms with van der Waals surface area (Å²) in [6, 6.07) is 2.02. The van der Waals surface area contributed by atoms with Gasteiger partial charge in [0.25, 0.3) is 10.2 Å². The maximum Gasteiger partial charge on any atom is 0.279 e. The SMILES string of the molecule is C[C@H](NS(=O)(=O)N(C)C)[C@@H](O)c1ccc(F)c(F)c1. The highest BCUT2D eigenvalue weighted by Gasteiger charge is 2.24. The van der Waals surface area contributed by atoms with Crippen molar-refractivity contribution in [2.45, 2.75) is 19.1 Å². The number of halogens is 2. The normalized spacial score (nSPS) is 15.5. The van der Waals surface area contributed by atoms with Crippen LogP contribution in [-0.4, -0.2) is 38.0 Å². The van der Waals surface area contributed by atoms with Crippen LogP contribution in [0.1, 0.15) is 18.6 Å². The molecule has 1 aromatic carbocycles. The van der Waals surface area contributed by atoms with Crippen molar-refractivity contribution in [1.82, 2.24) is 9.03 Å². The van der Waals surface area contributed by atoms with Gasteiger partial charge >= 0.3 is 0 Å².